The summed E-state index contributed by atoms with van der Waals surface area (Å²) in [7, 11) is 0. The van der Waals surface area contributed by atoms with Crippen LogP contribution >= 0.6 is 0 Å². The Morgan fingerprint density at radius 3 is 1.40 bits per heavy atom. The second-order valence-corrected chi connectivity index (χ2v) is 5.80. The van der Waals surface area contributed by atoms with Crippen molar-refractivity contribution in [1.82, 2.24) is 30.1 Å². The summed E-state index contributed by atoms with van der Waals surface area (Å²) in [5.74, 6) is -2.38. The molecule has 4 rings (SSSR count). The number of aromatic amines is 2. The molecule has 2 saturated heterocycles. The Bertz CT molecular complexity index is 875. The number of imide groups is 2. The smallest absolute Gasteiger partial charge is 0.342 e. The molecule has 2 aromatic rings. The van der Waals surface area contributed by atoms with Gasteiger partial charge in [0.25, 0.3) is 29.4 Å². The average Bonchev–Trinajstić information content (AvgIpc) is 3.52. The molecule has 0 aliphatic carbocycles. The lowest BCUT2D eigenvalue weighted by molar-refractivity contribution is -0.198. The third kappa shape index (κ3) is 4.54. The molecule has 0 bridgehead atoms. The minimum Gasteiger partial charge on any atom is -0.342 e. The van der Waals surface area contributed by atoms with E-state index in [0.717, 1.165) is 0 Å². The molecule has 30 heavy (non-hydrogen) atoms. The van der Waals surface area contributed by atoms with E-state index >= 15 is 0 Å². The molecule has 14 nitrogen and oxygen atoms in total. The number of imidazole rings is 2. The summed E-state index contributed by atoms with van der Waals surface area (Å²) in [5, 5.41) is 0.515. The highest BCUT2D eigenvalue weighted by atomic mass is 16.9. The van der Waals surface area contributed by atoms with Gasteiger partial charge in [-0.1, -0.05) is 10.1 Å². The van der Waals surface area contributed by atoms with Crippen LogP contribution < -0.4 is 0 Å². The second kappa shape index (κ2) is 8.76. The number of carbonyl (C=O) groups excluding carboxylic acids is 6. The summed E-state index contributed by atoms with van der Waals surface area (Å²) in [5.41, 5.74) is 0. The van der Waals surface area contributed by atoms with Crippen molar-refractivity contribution in [3.8, 4) is 0 Å². The van der Waals surface area contributed by atoms with Crippen molar-refractivity contribution in [3.05, 3.63) is 36.4 Å². The van der Waals surface area contributed by atoms with Crippen molar-refractivity contribution in [2.45, 2.75) is 25.7 Å². The molecule has 0 spiro atoms. The molecule has 4 heterocycles. The van der Waals surface area contributed by atoms with E-state index in [1.54, 1.807) is 12.4 Å². The fourth-order valence-electron chi connectivity index (χ4n) is 2.37. The van der Waals surface area contributed by atoms with Gasteiger partial charge in [-0.15, -0.1) is 0 Å². The fourth-order valence-corrected chi connectivity index (χ4v) is 2.37. The number of hydrogen-bond acceptors (Lipinski definition) is 10. The minimum atomic E-state index is -1.48. The van der Waals surface area contributed by atoms with Crippen molar-refractivity contribution in [2.24, 2.45) is 0 Å². The lowest BCUT2D eigenvalue weighted by Crippen LogP contribution is -2.37. The van der Waals surface area contributed by atoms with Gasteiger partial charge in [-0.25, -0.2) is 9.97 Å². The van der Waals surface area contributed by atoms with Crippen LogP contribution in [0.25, 0.3) is 0 Å². The van der Waals surface area contributed by atoms with Gasteiger partial charge in [0, 0.05) is 50.5 Å². The van der Waals surface area contributed by atoms with Crippen LogP contribution in [0.4, 0.5) is 4.79 Å². The highest BCUT2D eigenvalue weighted by Crippen LogP contribution is 2.15. The number of rotatable bonds is 4. The number of amides is 4. The van der Waals surface area contributed by atoms with Crippen molar-refractivity contribution in [3.63, 3.8) is 0 Å². The van der Waals surface area contributed by atoms with Gasteiger partial charge in [-0.2, -0.15) is 4.79 Å². The number of nitrogens with zero attached hydrogens (tertiary/aromatic N) is 4. The van der Waals surface area contributed by atoms with Crippen LogP contribution in [0.2, 0.25) is 0 Å². The van der Waals surface area contributed by atoms with Gasteiger partial charge in [0.1, 0.15) is 0 Å². The van der Waals surface area contributed by atoms with Gasteiger partial charge in [0.2, 0.25) is 0 Å². The summed E-state index contributed by atoms with van der Waals surface area (Å²) in [6.45, 7) is 0. The SMILES string of the molecule is O=C(ON1C(=O)CCC1=O)ON1C(=O)CCC1=O.O=C(c1ncc[nH]1)c1ncc[nH]1. The van der Waals surface area contributed by atoms with Crippen LogP contribution in [0.1, 0.15) is 42.1 Å². The summed E-state index contributed by atoms with van der Waals surface area (Å²) >= 11 is 0. The first-order valence-electron chi connectivity index (χ1n) is 8.51. The number of carbonyl (C=O) groups is 6. The highest BCUT2D eigenvalue weighted by Gasteiger charge is 2.37. The first-order valence-corrected chi connectivity index (χ1v) is 8.51. The quantitative estimate of drug-likeness (QED) is 0.490. The monoisotopic (exact) mass is 418 g/mol. The largest absolute Gasteiger partial charge is 0.560 e. The number of hydroxylamine groups is 4. The molecule has 2 aliphatic heterocycles. The Morgan fingerprint density at radius 2 is 1.10 bits per heavy atom. The minimum absolute atomic E-state index is 0.0618. The lowest BCUT2D eigenvalue weighted by Gasteiger charge is -2.15. The van der Waals surface area contributed by atoms with Gasteiger partial charge >= 0.3 is 6.16 Å². The summed E-state index contributed by atoms with van der Waals surface area (Å²) in [6, 6.07) is 0. The van der Waals surface area contributed by atoms with Gasteiger partial charge in [-0.3, -0.25) is 33.6 Å². The van der Waals surface area contributed by atoms with Crippen molar-refractivity contribution >= 4 is 35.6 Å². The molecular weight excluding hydrogens is 404 g/mol. The van der Waals surface area contributed by atoms with E-state index < -0.39 is 29.8 Å². The number of ketones is 1. The van der Waals surface area contributed by atoms with Crippen molar-refractivity contribution < 1.29 is 38.4 Å². The normalized spacial score (nSPS) is 15.9. The number of hydrogen-bond donors (Lipinski definition) is 2. The topological polar surface area (TPSA) is 185 Å². The Labute approximate surface area is 167 Å². The van der Waals surface area contributed by atoms with E-state index in [1.807, 2.05) is 0 Å². The zero-order chi connectivity index (χ0) is 21.7. The second-order valence-electron chi connectivity index (χ2n) is 5.80. The van der Waals surface area contributed by atoms with E-state index in [2.05, 4.69) is 29.6 Å². The summed E-state index contributed by atoms with van der Waals surface area (Å²) in [4.78, 5) is 88.7. The molecule has 0 radical (unpaired) electrons. The molecule has 14 heteroatoms. The Kier molecular flexibility index (Phi) is 5.95. The lowest BCUT2D eigenvalue weighted by atomic mass is 10.3. The van der Waals surface area contributed by atoms with Gasteiger partial charge in [0.15, 0.2) is 11.6 Å². The molecule has 0 atom stereocenters. The van der Waals surface area contributed by atoms with Crippen LogP contribution in [0.15, 0.2) is 24.8 Å². The zero-order valence-corrected chi connectivity index (χ0v) is 15.2. The molecule has 4 amide bonds. The number of H-pyrrole nitrogens is 2. The molecule has 2 N–H and O–H groups in total. The molecule has 2 aromatic heterocycles. The molecule has 0 aromatic carbocycles. The first-order chi connectivity index (χ1) is 14.4. The van der Waals surface area contributed by atoms with Gasteiger partial charge in [-0.05, 0) is 0 Å². The highest BCUT2D eigenvalue weighted by molar-refractivity contribution is 6.04. The van der Waals surface area contributed by atoms with E-state index in [9.17, 15) is 28.8 Å². The van der Waals surface area contributed by atoms with Crippen LogP contribution in [0.3, 0.4) is 0 Å². The molecule has 0 unspecified atom stereocenters. The Balaban J connectivity index is 0.000000184. The van der Waals surface area contributed by atoms with Crippen LogP contribution in [0, 0.1) is 0 Å². The molecule has 2 aliphatic rings. The third-order valence-corrected chi connectivity index (χ3v) is 3.77. The third-order valence-electron chi connectivity index (χ3n) is 3.77. The van der Waals surface area contributed by atoms with E-state index in [0.29, 0.717) is 11.6 Å². The van der Waals surface area contributed by atoms with Crippen LogP contribution in [0.5, 0.6) is 0 Å². The maximum Gasteiger partial charge on any atom is 0.560 e. The maximum atomic E-state index is 11.4. The van der Waals surface area contributed by atoms with Crippen molar-refractivity contribution in [2.75, 3.05) is 0 Å². The Morgan fingerprint density at radius 1 is 0.733 bits per heavy atom. The van der Waals surface area contributed by atoms with E-state index in [1.165, 1.54) is 12.4 Å². The van der Waals surface area contributed by atoms with Crippen molar-refractivity contribution in [1.29, 1.82) is 0 Å². The zero-order valence-electron chi connectivity index (χ0n) is 15.2. The van der Waals surface area contributed by atoms with Gasteiger partial charge < -0.3 is 9.97 Å². The molecule has 0 saturated carbocycles. The molecular formula is C16H14N6O8. The standard InChI is InChI=1S/C9H8N2O7.C7H6N4O/c12-5-1-2-6(13)10(5)17-9(16)18-11-7(14)3-4-8(11)15;12-5(6-8-1-2-9-6)7-10-3-4-11-7/h1-4H2;1-4H,(H,8,9)(H,10,11). The van der Waals surface area contributed by atoms with E-state index in [4.69, 9.17) is 0 Å². The predicted molar refractivity (Wildman–Crippen MR) is 90.3 cm³/mol. The number of nitrogens with one attached hydrogen (secondary N) is 2. The van der Waals surface area contributed by atoms with E-state index in [-0.39, 0.29) is 41.6 Å². The first kappa shape index (κ1) is 20.4. The molecule has 2 fully saturated rings. The predicted octanol–water partition coefficient (Wildman–Crippen LogP) is -0.369. The van der Waals surface area contributed by atoms with Gasteiger partial charge in [0.05, 0.1) is 0 Å². The molecule has 156 valence electrons. The Hall–Kier alpha value is -4.36. The summed E-state index contributed by atoms with van der Waals surface area (Å²) in [6.07, 6.45) is 4.50. The van der Waals surface area contributed by atoms with Crippen LogP contribution in [-0.4, -0.2) is 65.6 Å². The fraction of sp³-hybridized carbons (Fsp3) is 0.250. The van der Waals surface area contributed by atoms with Crippen LogP contribution in [-0.2, 0) is 28.9 Å². The number of aromatic nitrogens is 4. The summed E-state index contributed by atoms with van der Waals surface area (Å²) < 4.78 is 0. The maximum absolute atomic E-state index is 11.4. The average molecular weight is 418 g/mol.